The first-order valence-electron chi connectivity index (χ1n) is 12.1. The van der Waals surface area contributed by atoms with Crippen molar-refractivity contribution in [1.29, 1.82) is 0 Å². The Labute approximate surface area is 226 Å². The molecule has 0 saturated carbocycles. The van der Waals surface area contributed by atoms with Crippen molar-refractivity contribution >= 4 is 29.0 Å². The molecule has 0 saturated heterocycles. The maximum absolute atomic E-state index is 12.9. The molecule has 0 radical (unpaired) electrons. The van der Waals surface area contributed by atoms with E-state index in [4.69, 9.17) is 0 Å². The topological polar surface area (TPSA) is 130 Å². The maximum Gasteiger partial charge on any atom is 0.573 e. The molecular weight excluding hydrogens is 529 g/mol. The second kappa shape index (κ2) is 11.8. The highest BCUT2D eigenvalue weighted by Crippen LogP contribution is 2.30. The van der Waals surface area contributed by atoms with E-state index in [9.17, 15) is 27.9 Å². The minimum atomic E-state index is -4.91. The van der Waals surface area contributed by atoms with Crippen LogP contribution in [0.25, 0.3) is 17.0 Å². The van der Waals surface area contributed by atoms with Gasteiger partial charge in [0.15, 0.2) is 17.2 Å². The lowest BCUT2D eigenvalue weighted by atomic mass is 10.1. The van der Waals surface area contributed by atoms with E-state index in [0.29, 0.717) is 29.1 Å². The first-order valence-corrected chi connectivity index (χ1v) is 12.1. The molecule has 3 amide bonds. The number of amides is 3. The molecular formula is C27H25F3N6O4. The second-order valence-corrected chi connectivity index (χ2v) is 8.65. The fourth-order valence-electron chi connectivity index (χ4n) is 3.91. The number of anilines is 2. The Morgan fingerprint density at radius 3 is 2.45 bits per heavy atom. The van der Waals surface area contributed by atoms with Crippen LogP contribution in [-0.4, -0.2) is 44.0 Å². The number of urea groups is 1. The molecule has 0 unspecified atom stereocenters. The van der Waals surface area contributed by atoms with Crippen LogP contribution in [0.15, 0.2) is 79.2 Å². The van der Waals surface area contributed by atoms with Gasteiger partial charge >= 0.3 is 12.4 Å². The second-order valence-electron chi connectivity index (χ2n) is 8.65. The number of nitrogens with one attached hydrogen (secondary N) is 3. The van der Waals surface area contributed by atoms with Crippen molar-refractivity contribution < 1.29 is 32.6 Å². The normalized spacial score (nSPS) is 12.0. The van der Waals surface area contributed by atoms with E-state index >= 15 is 0 Å². The highest BCUT2D eigenvalue weighted by Gasteiger charge is 2.32. The molecule has 2 heterocycles. The molecule has 0 aliphatic rings. The molecule has 40 heavy (non-hydrogen) atoms. The van der Waals surface area contributed by atoms with Crippen LogP contribution in [0.4, 0.5) is 29.3 Å². The zero-order valence-corrected chi connectivity index (χ0v) is 21.2. The molecule has 208 valence electrons. The van der Waals surface area contributed by atoms with Gasteiger partial charge in [-0.3, -0.25) is 9.20 Å². The van der Waals surface area contributed by atoms with Crippen LogP contribution in [0.2, 0.25) is 0 Å². The molecule has 0 fully saturated rings. The third kappa shape index (κ3) is 6.67. The summed E-state index contributed by atoms with van der Waals surface area (Å²) in [5.74, 6) is -0.693. The smallest absolute Gasteiger partial charge is 0.511 e. The first kappa shape index (κ1) is 28.0. The molecule has 4 aromatic rings. The summed E-state index contributed by atoms with van der Waals surface area (Å²) in [6.45, 7) is 5.44. The first-order chi connectivity index (χ1) is 19.1. The van der Waals surface area contributed by atoms with Crippen molar-refractivity contribution in [2.45, 2.75) is 32.2 Å². The summed E-state index contributed by atoms with van der Waals surface area (Å²) in [6.07, 6.45) is -1.97. The summed E-state index contributed by atoms with van der Waals surface area (Å²) in [4.78, 5) is 25.3. The van der Waals surface area contributed by atoms with Crippen LogP contribution >= 0.6 is 0 Å². The van der Waals surface area contributed by atoms with E-state index in [1.807, 2.05) is 6.92 Å². The Bertz CT molecular complexity index is 1540. The van der Waals surface area contributed by atoms with Gasteiger partial charge < -0.3 is 25.8 Å². The summed E-state index contributed by atoms with van der Waals surface area (Å²) >= 11 is 0. The van der Waals surface area contributed by atoms with Gasteiger partial charge in [0.25, 0.3) is 5.91 Å². The van der Waals surface area contributed by atoms with Crippen LogP contribution in [0, 0.1) is 0 Å². The van der Waals surface area contributed by atoms with Gasteiger partial charge in [-0.15, -0.1) is 23.4 Å². The quantitative estimate of drug-likeness (QED) is 0.190. The fraction of sp³-hybridized carbons (Fsp3) is 0.185. The number of aliphatic hydroxyl groups excluding tert-OH is 1. The zero-order valence-electron chi connectivity index (χ0n) is 21.2. The van der Waals surface area contributed by atoms with Crippen molar-refractivity contribution in [3.05, 3.63) is 84.8 Å². The Morgan fingerprint density at radius 1 is 1.05 bits per heavy atom. The van der Waals surface area contributed by atoms with Crippen molar-refractivity contribution in [1.82, 2.24) is 19.9 Å². The average Bonchev–Trinajstić information content (AvgIpc) is 3.33. The standard InChI is InChI=1S/C27H25F3N6O4/c1-3-7-20(16(2)37)32-25(38)19-8-6-15-36-23(34-35-24(19)36)17-11-13-18(14-12-17)31-26(39)33-21-9-4-5-10-22(21)40-27(28,29)30/h4-6,8-15,20,37H,2-3,7H2,1H3,(H,32,38)(H2,31,33,39)/t20-/m0/s1. The Morgan fingerprint density at radius 2 is 1.77 bits per heavy atom. The molecule has 2 aromatic carbocycles. The number of aliphatic hydroxyl groups is 1. The lowest BCUT2D eigenvalue weighted by Crippen LogP contribution is -2.36. The zero-order chi connectivity index (χ0) is 28.9. The summed E-state index contributed by atoms with van der Waals surface area (Å²) in [6, 6.07) is 13.5. The number of alkyl halides is 3. The van der Waals surface area contributed by atoms with Crippen molar-refractivity contribution in [2.75, 3.05) is 10.6 Å². The monoisotopic (exact) mass is 554 g/mol. The SMILES string of the molecule is C=C(O)[C@H](CCC)NC(=O)c1cccn2c(-c3ccc(NC(=O)Nc4ccccc4OC(F)(F)F)cc3)nnc12. The van der Waals surface area contributed by atoms with Gasteiger partial charge in [0.2, 0.25) is 0 Å². The van der Waals surface area contributed by atoms with Gasteiger partial charge in [0.05, 0.1) is 17.3 Å². The van der Waals surface area contributed by atoms with E-state index in [-0.39, 0.29) is 17.0 Å². The van der Waals surface area contributed by atoms with Crippen LogP contribution in [-0.2, 0) is 0 Å². The summed E-state index contributed by atoms with van der Waals surface area (Å²) in [5, 5.41) is 25.8. The number of rotatable bonds is 9. The molecule has 1 atom stereocenters. The van der Waals surface area contributed by atoms with Crippen molar-refractivity contribution in [2.24, 2.45) is 0 Å². The van der Waals surface area contributed by atoms with Gasteiger partial charge in [-0.25, -0.2) is 4.79 Å². The number of hydrogen-bond acceptors (Lipinski definition) is 6. The lowest BCUT2D eigenvalue weighted by Gasteiger charge is -2.16. The molecule has 4 rings (SSSR count). The number of nitrogens with zero attached hydrogens (tertiary/aromatic N) is 3. The third-order valence-electron chi connectivity index (χ3n) is 5.73. The number of ether oxygens (including phenoxy) is 1. The average molecular weight is 555 g/mol. The van der Waals surface area contributed by atoms with Gasteiger partial charge in [0, 0.05) is 17.4 Å². The van der Waals surface area contributed by atoms with Gasteiger partial charge in [-0.05, 0) is 55.0 Å². The number of pyridine rings is 1. The van der Waals surface area contributed by atoms with E-state index in [1.54, 1.807) is 47.0 Å². The number of carbonyl (C=O) groups excluding carboxylic acids is 2. The van der Waals surface area contributed by atoms with Crippen molar-refractivity contribution in [3.63, 3.8) is 0 Å². The number of halogens is 3. The molecule has 13 heteroatoms. The summed E-state index contributed by atoms with van der Waals surface area (Å²) < 4.78 is 43.5. The highest BCUT2D eigenvalue weighted by atomic mass is 19.4. The largest absolute Gasteiger partial charge is 0.573 e. The number of benzene rings is 2. The Hall–Kier alpha value is -5.07. The molecule has 4 N–H and O–H groups in total. The Kier molecular flexibility index (Phi) is 8.22. The van der Waals surface area contributed by atoms with E-state index in [2.05, 4.69) is 37.5 Å². The highest BCUT2D eigenvalue weighted by molar-refractivity contribution is 6.01. The predicted molar refractivity (Wildman–Crippen MR) is 142 cm³/mol. The molecule has 0 bridgehead atoms. The molecule has 2 aromatic heterocycles. The molecule has 0 spiro atoms. The van der Waals surface area contributed by atoms with Crippen LogP contribution in [0.1, 0.15) is 30.1 Å². The number of para-hydroxylation sites is 2. The summed E-state index contributed by atoms with van der Waals surface area (Å²) in [5.41, 5.74) is 1.37. The summed E-state index contributed by atoms with van der Waals surface area (Å²) in [7, 11) is 0. The maximum atomic E-state index is 12.9. The van der Waals surface area contributed by atoms with Gasteiger partial charge in [-0.2, -0.15) is 0 Å². The Balaban J connectivity index is 1.48. The third-order valence-corrected chi connectivity index (χ3v) is 5.73. The predicted octanol–water partition coefficient (Wildman–Crippen LogP) is 5.91. The molecule has 0 aliphatic carbocycles. The number of fused-ring (bicyclic) bond motifs is 1. The number of carbonyl (C=O) groups is 2. The lowest BCUT2D eigenvalue weighted by molar-refractivity contribution is -0.274. The van der Waals surface area contributed by atoms with Crippen LogP contribution < -0.4 is 20.7 Å². The van der Waals surface area contributed by atoms with Gasteiger partial charge in [-0.1, -0.05) is 32.1 Å². The fourth-order valence-corrected chi connectivity index (χ4v) is 3.91. The number of aromatic nitrogens is 3. The van der Waals surface area contributed by atoms with Gasteiger partial charge in [0.1, 0.15) is 5.76 Å². The van der Waals surface area contributed by atoms with E-state index < -0.39 is 30.1 Å². The van der Waals surface area contributed by atoms with Crippen LogP contribution in [0.5, 0.6) is 5.75 Å². The molecule has 10 nitrogen and oxygen atoms in total. The molecule has 0 aliphatic heterocycles. The van der Waals surface area contributed by atoms with Crippen molar-refractivity contribution in [3.8, 4) is 17.1 Å². The van der Waals surface area contributed by atoms with Crippen LogP contribution in [0.3, 0.4) is 0 Å². The minimum absolute atomic E-state index is 0.134. The van der Waals surface area contributed by atoms with E-state index in [0.717, 1.165) is 12.5 Å². The minimum Gasteiger partial charge on any atom is -0.511 e. The number of hydrogen-bond donors (Lipinski definition) is 4. The van der Waals surface area contributed by atoms with E-state index in [1.165, 1.54) is 18.2 Å².